The van der Waals surface area contributed by atoms with E-state index < -0.39 is 5.91 Å². The SMILES string of the molecule is CN(CCC1CCCCC1)C(=O)C#N. The van der Waals surface area contributed by atoms with Gasteiger partial charge in [-0.3, -0.25) is 4.79 Å². The van der Waals surface area contributed by atoms with Gasteiger partial charge in [-0.1, -0.05) is 32.1 Å². The second kappa shape index (κ2) is 5.64. The molecule has 1 fully saturated rings. The van der Waals surface area contributed by atoms with Crippen molar-refractivity contribution in [2.24, 2.45) is 5.92 Å². The molecule has 0 aromatic rings. The third-order valence-corrected chi connectivity index (χ3v) is 3.04. The van der Waals surface area contributed by atoms with Gasteiger partial charge in [0.05, 0.1) is 0 Å². The number of hydrogen-bond donors (Lipinski definition) is 0. The summed E-state index contributed by atoms with van der Waals surface area (Å²) in [5.74, 6) is 0.360. The average Bonchev–Trinajstić information content (AvgIpc) is 2.26. The van der Waals surface area contributed by atoms with Crippen LogP contribution in [-0.2, 0) is 4.79 Å². The fraction of sp³-hybridized carbons (Fsp3) is 0.818. The molecule has 1 aliphatic carbocycles. The highest BCUT2D eigenvalue weighted by molar-refractivity contribution is 5.90. The maximum Gasteiger partial charge on any atom is 0.324 e. The second-order valence-corrected chi connectivity index (χ2v) is 4.13. The number of carbonyl (C=O) groups is 1. The molecule has 78 valence electrons. The van der Waals surface area contributed by atoms with Crippen molar-refractivity contribution in [1.29, 1.82) is 5.26 Å². The monoisotopic (exact) mass is 194 g/mol. The molecule has 1 amide bonds. The quantitative estimate of drug-likeness (QED) is 0.644. The molecule has 0 heterocycles. The lowest BCUT2D eigenvalue weighted by Crippen LogP contribution is -2.27. The van der Waals surface area contributed by atoms with E-state index in [1.165, 1.54) is 37.0 Å². The molecule has 1 aliphatic rings. The number of carbonyl (C=O) groups excluding carboxylic acids is 1. The lowest BCUT2D eigenvalue weighted by atomic mass is 9.87. The minimum Gasteiger partial charge on any atom is -0.333 e. The van der Waals surface area contributed by atoms with E-state index in [1.54, 1.807) is 13.1 Å². The maximum absolute atomic E-state index is 10.9. The van der Waals surface area contributed by atoms with Gasteiger partial charge in [-0.15, -0.1) is 0 Å². The van der Waals surface area contributed by atoms with Crippen molar-refractivity contribution in [3.8, 4) is 6.07 Å². The molecule has 0 aliphatic heterocycles. The summed E-state index contributed by atoms with van der Waals surface area (Å²) in [5.41, 5.74) is 0. The van der Waals surface area contributed by atoms with Crippen LogP contribution in [0.25, 0.3) is 0 Å². The molecule has 3 heteroatoms. The van der Waals surface area contributed by atoms with Crippen LogP contribution in [0.3, 0.4) is 0 Å². The molecule has 0 aromatic carbocycles. The van der Waals surface area contributed by atoms with Crippen molar-refractivity contribution < 1.29 is 4.79 Å². The first-order valence-electron chi connectivity index (χ1n) is 5.39. The van der Waals surface area contributed by atoms with Gasteiger partial charge in [0.1, 0.15) is 0 Å². The van der Waals surface area contributed by atoms with E-state index in [-0.39, 0.29) is 0 Å². The predicted octanol–water partition coefficient (Wildman–Crippen LogP) is 1.94. The Kier molecular flexibility index (Phi) is 4.45. The van der Waals surface area contributed by atoms with Gasteiger partial charge in [-0.25, -0.2) is 0 Å². The van der Waals surface area contributed by atoms with Gasteiger partial charge in [-0.2, -0.15) is 5.26 Å². The molecule has 14 heavy (non-hydrogen) atoms. The fourth-order valence-corrected chi connectivity index (χ4v) is 2.04. The topological polar surface area (TPSA) is 44.1 Å². The van der Waals surface area contributed by atoms with Gasteiger partial charge in [0.15, 0.2) is 6.07 Å². The minimum absolute atomic E-state index is 0.416. The van der Waals surface area contributed by atoms with Crippen molar-refractivity contribution in [2.75, 3.05) is 13.6 Å². The summed E-state index contributed by atoms with van der Waals surface area (Å²) in [5, 5.41) is 8.40. The molecule has 0 radical (unpaired) electrons. The molecule has 1 rings (SSSR count). The number of hydrogen-bond acceptors (Lipinski definition) is 2. The van der Waals surface area contributed by atoms with Gasteiger partial charge in [0.2, 0.25) is 0 Å². The Morgan fingerprint density at radius 2 is 2.07 bits per heavy atom. The van der Waals surface area contributed by atoms with E-state index in [2.05, 4.69) is 0 Å². The van der Waals surface area contributed by atoms with Gasteiger partial charge in [0.25, 0.3) is 0 Å². The van der Waals surface area contributed by atoms with Gasteiger partial charge < -0.3 is 4.90 Å². The molecule has 1 saturated carbocycles. The van der Waals surface area contributed by atoms with Gasteiger partial charge >= 0.3 is 5.91 Å². The molecule has 0 bridgehead atoms. The Balaban J connectivity index is 2.19. The molecule has 0 spiro atoms. The summed E-state index contributed by atoms with van der Waals surface area (Å²) in [6, 6.07) is 1.64. The summed E-state index contributed by atoms with van der Waals surface area (Å²) < 4.78 is 0. The van der Waals surface area contributed by atoms with Crippen molar-refractivity contribution in [3.63, 3.8) is 0 Å². The Labute approximate surface area is 85.7 Å². The van der Waals surface area contributed by atoms with E-state index >= 15 is 0 Å². The third-order valence-electron chi connectivity index (χ3n) is 3.04. The summed E-state index contributed by atoms with van der Waals surface area (Å²) in [4.78, 5) is 12.5. The van der Waals surface area contributed by atoms with E-state index in [4.69, 9.17) is 5.26 Å². The molecule has 0 unspecified atom stereocenters. The molecule has 0 atom stereocenters. The Morgan fingerprint density at radius 3 is 2.64 bits per heavy atom. The first-order valence-corrected chi connectivity index (χ1v) is 5.39. The normalized spacial score (nSPS) is 17.4. The molecule has 0 N–H and O–H groups in total. The van der Waals surface area contributed by atoms with E-state index in [1.807, 2.05) is 0 Å². The summed E-state index contributed by atoms with van der Waals surface area (Å²) >= 11 is 0. The van der Waals surface area contributed by atoms with Crippen molar-refractivity contribution in [3.05, 3.63) is 0 Å². The van der Waals surface area contributed by atoms with E-state index in [0.717, 1.165) is 18.9 Å². The Hall–Kier alpha value is -1.04. The number of nitrogens with zero attached hydrogens (tertiary/aromatic N) is 2. The van der Waals surface area contributed by atoms with Gasteiger partial charge in [0, 0.05) is 13.6 Å². The summed E-state index contributed by atoms with van der Waals surface area (Å²) in [7, 11) is 1.70. The lowest BCUT2D eigenvalue weighted by Gasteiger charge is -2.23. The van der Waals surface area contributed by atoms with Crippen molar-refractivity contribution in [1.82, 2.24) is 4.90 Å². The van der Waals surface area contributed by atoms with Crippen LogP contribution in [0.4, 0.5) is 0 Å². The van der Waals surface area contributed by atoms with Crippen LogP contribution in [0.5, 0.6) is 0 Å². The molecule has 3 nitrogen and oxygen atoms in total. The number of nitriles is 1. The zero-order valence-corrected chi connectivity index (χ0v) is 8.83. The van der Waals surface area contributed by atoms with Crippen LogP contribution in [0.15, 0.2) is 0 Å². The standard InChI is InChI=1S/C11H18N2O/c1-13(11(14)9-12)8-7-10-5-3-2-4-6-10/h10H,2-8H2,1H3. The maximum atomic E-state index is 10.9. The van der Waals surface area contributed by atoms with Crippen LogP contribution in [0, 0.1) is 17.2 Å². The number of amides is 1. The van der Waals surface area contributed by atoms with Gasteiger partial charge in [-0.05, 0) is 12.3 Å². The van der Waals surface area contributed by atoms with Crippen LogP contribution >= 0.6 is 0 Å². The molecule has 0 aromatic heterocycles. The predicted molar refractivity (Wildman–Crippen MR) is 54.4 cm³/mol. The average molecular weight is 194 g/mol. The minimum atomic E-state index is -0.416. The number of rotatable bonds is 3. The van der Waals surface area contributed by atoms with E-state index in [9.17, 15) is 4.79 Å². The third kappa shape index (κ3) is 3.37. The van der Waals surface area contributed by atoms with Crippen LogP contribution in [-0.4, -0.2) is 24.4 Å². The zero-order valence-electron chi connectivity index (χ0n) is 8.83. The summed E-state index contributed by atoms with van der Waals surface area (Å²) in [6.07, 6.45) is 7.69. The first kappa shape index (κ1) is 11.0. The highest BCUT2D eigenvalue weighted by Gasteiger charge is 2.15. The van der Waals surface area contributed by atoms with Crippen molar-refractivity contribution in [2.45, 2.75) is 38.5 Å². The van der Waals surface area contributed by atoms with Crippen LogP contribution < -0.4 is 0 Å². The van der Waals surface area contributed by atoms with Crippen LogP contribution in [0.2, 0.25) is 0 Å². The van der Waals surface area contributed by atoms with E-state index in [0.29, 0.717) is 0 Å². The Bertz CT molecular complexity index is 226. The zero-order chi connectivity index (χ0) is 10.4. The fourth-order valence-electron chi connectivity index (χ4n) is 2.04. The van der Waals surface area contributed by atoms with Crippen molar-refractivity contribution >= 4 is 5.91 Å². The molecular formula is C11H18N2O. The molecule has 0 saturated heterocycles. The second-order valence-electron chi connectivity index (χ2n) is 4.13. The smallest absolute Gasteiger partial charge is 0.324 e. The lowest BCUT2D eigenvalue weighted by molar-refractivity contribution is -0.124. The Morgan fingerprint density at radius 1 is 1.43 bits per heavy atom. The largest absolute Gasteiger partial charge is 0.333 e. The summed E-state index contributed by atoms with van der Waals surface area (Å²) in [6.45, 7) is 0.733. The highest BCUT2D eigenvalue weighted by atomic mass is 16.2. The van der Waals surface area contributed by atoms with Crippen LogP contribution in [0.1, 0.15) is 38.5 Å². The highest BCUT2D eigenvalue weighted by Crippen LogP contribution is 2.26. The molecular weight excluding hydrogens is 176 g/mol. The first-order chi connectivity index (χ1) is 6.74.